The van der Waals surface area contributed by atoms with E-state index in [-0.39, 0.29) is 0 Å². The number of aromatic nitrogens is 1. The van der Waals surface area contributed by atoms with Crippen LogP contribution in [0.5, 0.6) is 0 Å². The zero-order valence-corrected chi connectivity index (χ0v) is 13.9. The highest BCUT2D eigenvalue weighted by Gasteiger charge is 2.42. The van der Waals surface area contributed by atoms with Crippen LogP contribution in [0.2, 0.25) is 0 Å². The minimum atomic E-state index is 0.522. The summed E-state index contributed by atoms with van der Waals surface area (Å²) in [6, 6.07) is 13.0. The SMILES string of the molecule is CN[N+]1(C)c2ccccc2-c2ccc3c4c(n([NH-])c3c21)C=CCC4. The molecule has 0 bridgehead atoms. The summed E-state index contributed by atoms with van der Waals surface area (Å²) in [6.07, 6.45) is 6.35. The van der Waals surface area contributed by atoms with E-state index in [0.717, 1.165) is 24.1 Å². The Kier molecular flexibility index (Phi) is 2.59. The van der Waals surface area contributed by atoms with E-state index in [2.05, 4.69) is 61.0 Å². The zero-order chi connectivity index (χ0) is 16.5. The van der Waals surface area contributed by atoms with Crippen LogP contribution in [0.3, 0.4) is 0 Å². The summed E-state index contributed by atoms with van der Waals surface area (Å²) >= 11 is 0. The Bertz CT molecular complexity index is 1030. The summed E-state index contributed by atoms with van der Waals surface area (Å²) in [4.78, 5) is 0. The number of benzene rings is 2. The molecule has 1 atom stereocenters. The molecule has 3 aromatic rings. The lowest BCUT2D eigenvalue weighted by atomic mass is 9.98. The lowest BCUT2D eigenvalue weighted by Crippen LogP contribution is -2.48. The van der Waals surface area contributed by atoms with Gasteiger partial charge in [0.15, 0.2) is 11.4 Å². The summed E-state index contributed by atoms with van der Waals surface area (Å²) < 4.78 is 2.16. The molecule has 5 rings (SSSR count). The van der Waals surface area contributed by atoms with E-state index >= 15 is 0 Å². The van der Waals surface area contributed by atoms with E-state index in [4.69, 9.17) is 5.84 Å². The van der Waals surface area contributed by atoms with Crippen LogP contribution in [0.4, 0.5) is 11.4 Å². The molecule has 2 aliphatic rings. The number of para-hydroxylation sites is 1. The van der Waals surface area contributed by atoms with E-state index in [9.17, 15) is 0 Å². The van der Waals surface area contributed by atoms with Crippen LogP contribution in [0.1, 0.15) is 17.7 Å². The molecular formula is C20H20N4. The predicted molar refractivity (Wildman–Crippen MR) is 101 cm³/mol. The van der Waals surface area contributed by atoms with Gasteiger partial charge in [-0.25, -0.2) is 0 Å². The van der Waals surface area contributed by atoms with Crippen LogP contribution >= 0.6 is 0 Å². The maximum Gasteiger partial charge on any atom is 0.188 e. The first-order valence-electron chi connectivity index (χ1n) is 8.41. The van der Waals surface area contributed by atoms with Crippen LogP contribution in [0, 0.1) is 0 Å². The molecule has 0 radical (unpaired) electrons. The Morgan fingerprint density at radius 2 is 1.96 bits per heavy atom. The number of nitrogens with one attached hydrogen (secondary N) is 2. The number of nitrogens with zero attached hydrogens (tertiary/aromatic N) is 2. The lowest BCUT2D eigenvalue weighted by molar-refractivity contribution is 0.380. The Morgan fingerprint density at radius 1 is 1.12 bits per heavy atom. The van der Waals surface area contributed by atoms with E-state index in [1.807, 2.05) is 7.05 Å². The van der Waals surface area contributed by atoms with Gasteiger partial charge in [0.25, 0.3) is 0 Å². The minimum Gasteiger partial charge on any atom is -0.631 e. The maximum absolute atomic E-state index is 8.75. The van der Waals surface area contributed by atoms with Crippen molar-refractivity contribution < 1.29 is 0 Å². The topological polar surface area (TPSA) is 40.8 Å². The van der Waals surface area contributed by atoms with Crippen molar-refractivity contribution in [3.8, 4) is 11.1 Å². The van der Waals surface area contributed by atoms with Crippen molar-refractivity contribution in [2.75, 3.05) is 14.1 Å². The quantitative estimate of drug-likeness (QED) is 0.644. The first-order chi connectivity index (χ1) is 11.7. The van der Waals surface area contributed by atoms with Gasteiger partial charge in [0.1, 0.15) is 5.52 Å². The Hall–Kier alpha value is -2.56. The van der Waals surface area contributed by atoms with Crippen molar-refractivity contribution in [2.45, 2.75) is 12.8 Å². The lowest BCUT2D eigenvalue weighted by Gasteiger charge is -2.29. The van der Waals surface area contributed by atoms with Gasteiger partial charge in [-0.05, 0) is 36.6 Å². The Labute approximate surface area is 141 Å². The first-order valence-corrected chi connectivity index (χ1v) is 8.41. The average molecular weight is 316 g/mol. The zero-order valence-electron chi connectivity index (χ0n) is 13.9. The van der Waals surface area contributed by atoms with Crippen LogP contribution in [0.25, 0.3) is 33.9 Å². The van der Waals surface area contributed by atoms with Crippen molar-refractivity contribution in [3.63, 3.8) is 0 Å². The fourth-order valence-corrected chi connectivity index (χ4v) is 4.42. The second-order valence-electron chi connectivity index (χ2n) is 6.75. The molecule has 1 aliphatic carbocycles. The maximum atomic E-state index is 8.75. The van der Waals surface area contributed by atoms with Crippen molar-refractivity contribution in [1.82, 2.24) is 14.7 Å². The molecule has 2 heterocycles. The Morgan fingerprint density at radius 3 is 2.79 bits per heavy atom. The highest BCUT2D eigenvalue weighted by atomic mass is 15.7. The fraction of sp³-hybridized carbons (Fsp3) is 0.200. The molecule has 4 heteroatoms. The molecule has 2 aromatic carbocycles. The summed E-state index contributed by atoms with van der Waals surface area (Å²) in [7, 11) is 4.16. The van der Waals surface area contributed by atoms with Crippen molar-refractivity contribution in [2.24, 2.45) is 0 Å². The second kappa shape index (κ2) is 4.50. The van der Waals surface area contributed by atoms with Gasteiger partial charge < -0.3 is 10.5 Å². The van der Waals surface area contributed by atoms with Gasteiger partial charge in [0.2, 0.25) is 0 Å². The van der Waals surface area contributed by atoms with E-state index in [1.54, 1.807) is 4.68 Å². The average Bonchev–Trinajstić information content (AvgIpc) is 3.07. The monoisotopic (exact) mass is 316 g/mol. The number of allylic oxidation sites excluding steroid dienone is 1. The number of fused-ring (bicyclic) bond motifs is 7. The summed E-state index contributed by atoms with van der Waals surface area (Å²) in [5.74, 6) is 8.75. The number of aryl methyl sites for hydroxylation is 1. The first kappa shape index (κ1) is 13.8. The van der Waals surface area contributed by atoms with Gasteiger partial charge in [-0.15, -0.1) is 0 Å². The van der Waals surface area contributed by atoms with Crippen LogP contribution < -0.4 is 10.0 Å². The fourth-order valence-electron chi connectivity index (χ4n) is 4.42. The second-order valence-corrected chi connectivity index (χ2v) is 6.75. The third kappa shape index (κ3) is 1.45. The minimum absolute atomic E-state index is 0.522. The molecule has 24 heavy (non-hydrogen) atoms. The van der Waals surface area contributed by atoms with Crippen LogP contribution in [-0.4, -0.2) is 18.8 Å². The highest BCUT2D eigenvalue weighted by Crippen LogP contribution is 2.54. The van der Waals surface area contributed by atoms with Crippen LogP contribution in [-0.2, 0) is 6.42 Å². The molecule has 0 saturated carbocycles. The normalized spacial score (nSPS) is 20.9. The molecule has 0 spiro atoms. The number of rotatable bonds is 1. The summed E-state index contributed by atoms with van der Waals surface area (Å²) in [5.41, 5.74) is 11.7. The largest absolute Gasteiger partial charge is 0.631 e. The number of hydrogen-bond donors (Lipinski definition) is 1. The Balaban J connectivity index is 1.96. The smallest absolute Gasteiger partial charge is 0.188 e. The third-order valence-corrected chi connectivity index (χ3v) is 5.66. The third-order valence-electron chi connectivity index (χ3n) is 5.66. The molecule has 0 saturated heterocycles. The highest BCUT2D eigenvalue weighted by molar-refractivity contribution is 6.08. The van der Waals surface area contributed by atoms with Crippen LogP contribution in [0.15, 0.2) is 42.5 Å². The van der Waals surface area contributed by atoms with Gasteiger partial charge in [-0.2, -0.15) is 10.0 Å². The molecule has 120 valence electrons. The van der Waals surface area contributed by atoms with E-state index in [0.29, 0.717) is 4.59 Å². The van der Waals surface area contributed by atoms with Gasteiger partial charge in [0.05, 0.1) is 18.2 Å². The molecule has 1 aliphatic heterocycles. The molecule has 1 aromatic heterocycles. The standard InChI is InChI=1S/C20H20N4/c1-22-24(2)18-10-6-4-8-14(18)16-12-11-15-13-7-3-5-9-17(13)23(21)19(15)20(16)24/h4-6,8-12,21-22H,3,7H2,1-2H3. The number of quaternary nitrogens is 1. The summed E-state index contributed by atoms with van der Waals surface area (Å²) in [5, 5.41) is 1.22. The van der Waals surface area contributed by atoms with Gasteiger partial charge in [0, 0.05) is 24.2 Å². The van der Waals surface area contributed by atoms with Gasteiger partial charge >= 0.3 is 0 Å². The van der Waals surface area contributed by atoms with Gasteiger partial charge in [-0.3, -0.25) is 0 Å². The van der Waals surface area contributed by atoms with Gasteiger partial charge in [-0.1, -0.05) is 24.3 Å². The molecule has 1 unspecified atom stereocenters. The predicted octanol–water partition coefficient (Wildman–Crippen LogP) is 4.80. The summed E-state index contributed by atoms with van der Waals surface area (Å²) in [6.45, 7) is 0. The van der Waals surface area contributed by atoms with E-state index in [1.165, 1.54) is 33.5 Å². The molecule has 0 amide bonds. The molecule has 4 nitrogen and oxygen atoms in total. The molecule has 0 fully saturated rings. The molecular weight excluding hydrogens is 296 g/mol. The number of hydrogen-bond acceptors (Lipinski definition) is 1. The molecule has 2 N–H and O–H groups in total. The van der Waals surface area contributed by atoms with E-state index < -0.39 is 0 Å². The van der Waals surface area contributed by atoms with Crippen molar-refractivity contribution in [1.29, 1.82) is 0 Å². The van der Waals surface area contributed by atoms with Crippen molar-refractivity contribution >= 4 is 28.4 Å². The van der Waals surface area contributed by atoms with Crippen molar-refractivity contribution in [3.05, 3.63) is 59.6 Å².